The van der Waals surface area contributed by atoms with E-state index >= 15 is 0 Å². The third-order valence-corrected chi connectivity index (χ3v) is 5.96. The number of anilines is 1. The van der Waals surface area contributed by atoms with Crippen LogP contribution in [0.3, 0.4) is 0 Å². The van der Waals surface area contributed by atoms with Crippen LogP contribution in [-0.2, 0) is 17.8 Å². The number of carbonyl (C=O) groups is 2. The van der Waals surface area contributed by atoms with E-state index in [-0.39, 0.29) is 11.8 Å². The van der Waals surface area contributed by atoms with Gasteiger partial charge in [0.15, 0.2) is 0 Å². The van der Waals surface area contributed by atoms with Crippen molar-refractivity contribution in [1.82, 2.24) is 5.32 Å². The summed E-state index contributed by atoms with van der Waals surface area (Å²) in [6, 6.07) is 23.3. The van der Waals surface area contributed by atoms with Crippen LogP contribution >= 0.6 is 0 Å². The van der Waals surface area contributed by atoms with E-state index in [2.05, 4.69) is 5.32 Å². The number of aryl methyl sites for hydroxylation is 2. The standard InChI is InChI=1S/C26H26N2O2/c1-18-12-14-22(15-13-18)28-24(29)23-11-7-6-9-20(23)16-26(28,3)25(30)27-17-21-10-5-4-8-19(21)2/h4-15H,16-17H2,1-3H3,(H,27,30)/t26-/m0/s1. The van der Waals surface area contributed by atoms with Gasteiger partial charge in [-0.15, -0.1) is 0 Å². The molecule has 0 spiro atoms. The predicted octanol–water partition coefficient (Wildman–Crippen LogP) is 4.58. The second-order valence-corrected chi connectivity index (χ2v) is 8.19. The molecular weight excluding hydrogens is 372 g/mol. The molecule has 0 bridgehead atoms. The molecular formula is C26H26N2O2. The second-order valence-electron chi connectivity index (χ2n) is 8.19. The molecule has 4 heteroatoms. The minimum Gasteiger partial charge on any atom is -0.350 e. The van der Waals surface area contributed by atoms with Crippen molar-refractivity contribution in [2.75, 3.05) is 4.90 Å². The third-order valence-electron chi connectivity index (χ3n) is 5.96. The summed E-state index contributed by atoms with van der Waals surface area (Å²) in [7, 11) is 0. The Morgan fingerprint density at radius 2 is 1.63 bits per heavy atom. The molecule has 30 heavy (non-hydrogen) atoms. The molecule has 1 N–H and O–H groups in total. The fourth-order valence-electron chi connectivity index (χ4n) is 4.13. The summed E-state index contributed by atoms with van der Waals surface area (Å²) >= 11 is 0. The van der Waals surface area contributed by atoms with E-state index in [0.29, 0.717) is 18.5 Å². The molecule has 0 radical (unpaired) electrons. The van der Waals surface area contributed by atoms with E-state index in [0.717, 1.165) is 27.9 Å². The number of hydrogen-bond donors (Lipinski definition) is 1. The Morgan fingerprint density at radius 3 is 2.37 bits per heavy atom. The van der Waals surface area contributed by atoms with Crippen molar-refractivity contribution in [2.24, 2.45) is 0 Å². The molecule has 2 amide bonds. The molecule has 1 aliphatic rings. The maximum absolute atomic E-state index is 13.5. The molecule has 0 unspecified atom stereocenters. The summed E-state index contributed by atoms with van der Waals surface area (Å²) < 4.78 is 0. The number of rotatable bonds is 4. The molecule has 0 fully saturated rings. The lowest BCUT2D eigenvalue weighted by Crippen LogP contribution is -2.63. The van der Waals surface area contributed by atoms with Crippen LogP contribution < -0.4 is 10.2 Å². The van der Waals surface area contributed by atoms with Gasteiger partial charge in [0.25, 0.3) is 5.91 Å². The van der Waals surface area contributed by atoms with Crippen LogP contribution in [0.25, 0.3) is 0 Å². The van der Waals surface area contributed by atoms with Gasteiger partial charge in [0, 0.05) is 24.2 Å². The molecule has 4 rings (SSSR count). The molecule has 3 aromatic carbocycles. The summed E-state index contributed by atoms with van der Waals surface area (Å²) in [4.78, 5) is 28.7. The molecule has 3 aromatic rings. The van der Waals surface area contributed by atoms with Gasteiger partial charge in [0.05, 0.1) is 0 Å². The van der Waals surface area contributed by atoms with Crippen molar-refractivity contribution in [2.45, 2.75) is 39.3 Å². The third kappa shape index (κ3) is 3.50. The highest BCUT2D eigenvalue weighted by Crippen LogP contribution is 2.35. The lowest BCUT2D eigenvalue weighted by Gasteiger charge is -2.44. The summed E-state index contributed by atoms with van der Waals surface area (Å²) in [6.45, 7) is 6.32. The molecule has 152 valence electrons. The number of nitrogens with zero attached hydrogens (tertiary/aromatic N) is 1. The lowest BCUT2D eigenvalue weighted by molar-refractivity contribution is -0.126. The SMILES string of the molecule is Cc1ccc(N2C(=O)c3ccccc3C[C@@]2(C)C(=O)NCc2ccccc2C)cc1. The van der Waals surface area contributed by atoms with Crippen LogP contribution in [0.2, 0.25) is 0 Å². The number of nitrogens with one attached hydrogen (secondary N) is 1. The Balaban J connectivity index is 1.71. The first-order valence-corrected chi connectivity index (χ1v) is 10.2. The topological polar surface area (TPSA) is 49.4 Å². The molecule has 0 saturated heterocycles. The van der Waals surface area contributed by atoms with Crippen molar-refractivity contribution in [3.8, 4) is 0 Å². The van der Waals surface area contributed by atoms with E-state index in [1.54, 1.807) is 4.90 Å². The van der Waals surface area contributed by atoms with Crippen LogP contribution in [-0.4, -0.2) is 17.4 Å². The van der Waals surface area contributed by atoms with Crippen LogP contribution in [0.4, 0.5) is 5.69 Å². The Morgan fingerprint density at radius 1 is 0.967 bits per heavy atom. The molecule has 1 aliphatic heterocycles. The molecule has 4 nitrogen and oxygen atoms in total. The van der Waals surface area contributed by atoms with E-state index < -0.39 is 5.54 Å². The van der Waals surface area contributed by atoms with Gasteiger partial charge in [-0.25, -0.2) is 0 Å². The zero-order chi connectivity index (χ0) is 21.3. The molecule has 1 heterocycles. The quantitative estimate of drug-likeness (QED) is 0.699. The smallest absolute Gasteiger partial charge is 0.259 e. The first kappa shape index (κ1) is 19.9. The van der Waals surface area contributed by atoms with E-state index in [1.807, 2.05) is 93.6 Å². The van der Waals surface area contributed by atoms with Crippen LogP contribution in [0.5, 0.6) is 0 Å². The maximum atomic E-state index is 13.5. The summed E-state index contributed by atoms with van der Waals surface area (Å²) in [6.07, 6.45) is 0.461. The first-order valence-electron chi connectivity index (χ1n) is 10.2. The van der Waals surface area contributed by atoms with Gasteiger partial charge in [0.2, 0.25) is 5.91 Å². The zero-order valence-electron chi connectivity index (χ0n) is 17.6. The van der Waals surface area contributed by atoms with Crippen molar-refractivity contribution in [3.63, 3.8) is 0 Å². The molecule has 0 aromatic heterocycles. The van der Waals surface area contributed by atoms with Gasteiger partial charge in [-0.2, -0.15) is 0 Å². The second kappa shape index (κ2) is 7.79. The fraction of sp³-hybridized carbons (Fsp3) is 0.231. The molecule has 1 atom stereocenters. The van der Waals surface area contributed by atoms with Crippen molar-refractivity contribution < 1.29 is 9.59 Å². The summed E-state index contributed by atoms with van der Waals surface area (Å²) in [5.41, 5.74) is 4.57. The average Bonchev–Trinajstić information content (AvgIpc) is 2.74. The van der Waals surface area contributed by atoms with Crippen molar-refractivity contribution in [3.05, 3.63) is 101 Å². The van der Waals surface area contributed by atoms with E-state index in [1.165, 1.54) is 0 Å². The van der Waals surface area contributed by atoms with Crippen molar-refractivity contribution in [1.29, 1.82) is 0 Å². The van der Waals surface area contributed by atoms with Gasteiger partial charge in [0.1, 0.15) is 5.54 Å². The van der Waals surface area contributed by atoms with Crippen molar-refractivity contribution >= 4 is 17.5 Å². The number of carbonyl (C=O) groups excluding carboxylic acids is 2. The Labute approximate surface area is 177 Å². The highest BCUT2D eigenvalue weighted by atomic mass is 16.2. The maximum Gasteiger partial charge on any atom is 0.259 e. The largest absolute Gasteiger partial charge is 0.350 e. The normalized spacial score (nSPS) is 18.1. The van der Waals surface area contributed by atoms with E-state index in [4.69, 9.17) is 0 Å². The number of hydrogen-bond acceptors (Lipinski definition) is 2. The van der Waals surface area contributed by atoms with Crippen LogP contribution in [0, 0.1) is 13.8 Å². The predicted molar refractivity (Wildman–Crippen MR) is 120 cm³/mol. The number of benzene rings is 3. The van der Waals surface area contributed by atoms with Crippen LogP contribution in [0.15, 0.2) is 72.8 Å². The summed E-state index contributed by atoms with van der Waals surface area (Å²) in [5, 5.41) is 3.08. The minimum atomic E-state index is -1.02. The Kier molecular flexibility index (Phi) is 5.17. The zero-order valence-corrected chi connectivity index (χ0v) is 17.6. The highest BCUT2D eigenvalue weighted by Gasteiger charge is 2.47. The Bertz CT molecular complexity index is 1100. The van der Waals surface area contributed by atoms with Gasteiger partial charge >= 0.3 is 0 Å². The fourth-order valence-corrected chi connectivity index (χ4v) is 4.13. The minimum absolute atomic E-state index is 0.144. The number of fused-ring (bicyclic) bond motifs is 1. The van der Waals surface area contributed by atoms with Gasteiger partial charge in [-0.05, 0) is 55.7 Å². The molecule has 0 saturated carbocycles. The average molecular weight is 399 g/mol. The van der Waals surface area contributed by atoms with Gasteiger partial charge in [-0.3, -0.25) is 14.5 Å². The monoisotopic (exact) mass is 398 g/mol. The first-order chi connectivity index (χ1) is 14.4. The molecule has 0 aliphatic carbocycles. The van der Waals surface area contributed by atoms with Crippen LogP contribution in [0.1, 0.15) is 39.5 Å². The van der Waals surface area contributed by atoms with E-state index in [9.17, 15) is 9.59 Å². The number of amides is 2. The van der Waals surface area contributed by atoms with Gasteiger partial charge < -0.3 is 5.32 Å². The highest BCUT2D eigenvalue weighted by molar-refractivity contribution is 6.14. The Hall–Kier alpha value is -3.40. The summed E-state index contributed by atoms with van der Waals surface area (Å²) in [5.74, 6) is -0.302. The van der Waals surface area contributed by atoms with Gasteiger partial charge in [-0.1, -0.05) is 60.2 Å². The lowest BCUT2D eigenvalue weighted by atomic mass is 9.82.